The maximum absolute atomic E-state index is 5.95. The summed E-state index contributed by atoms with van der Waals surface area (Å²) in [5.74, 6) is 0.961. The van der Waals surface area contributed by atoms with E-state index in [1.165, 1.54) is 11.1 Å². The van der Waals surface area contributed by atoms with Crippen LogP contribution >= 0.6 is 0 Å². The van der Waals surface area contributed by atoms with Gasteiger partial charge in [0.25, 0.3) is 0 Å². The molecule has 0 N–H and O–H groups in total. The molecule has 2 aromatic carbocycles. The van der Waals surface area contributed by atoms with Gasteiger partial charge in [0.2, 0.25) is 6.29 Å². The number of rotatable bonds is 0. The van der Waals surface area contributed by atoms with Gasteiger partial charge in [-0.25, -0.2) is 0 Å². The SMILES string of the molecule is c1ccc2c(c1)CC1Oc3ccccc3C2O1. The number of hydrogen-bond acceptors (Lipinski definition) is 2. The lowest BCUT2D eigenvalue weighted by atomic mass is 9.91. The monoisotopic (exact) mass is 224 g/mol. The molecule has 2 aliphatic heterocycles. The zero-order chi connectivity index (χ0) is 11.2. The van der Waals surface area contributed by atoms with Gasteiger partial charge in [0, 0.05) is 12.0 Å². The maximum atomic E-state index is 5.95. The fraction of sp³-hybridized carbons (Fsp3) is 0.200. The zero-order valence-corrected chi connectivity index (χ0v) is 9.30. The highest BCUT2D eigenvalue weighted by molar-refractivity contribution is 5.46. The molecule has 0 amide bonds. The summed E-state index contributed by atoms with van der Waals surface area (Å²) in [4.78, 5) is 0. The first-order valence-electron chi connectivity index (χ1n) is 5.91. The Labute approximate surface area is 99.8 Å². The first-order valence-corrected chi connectivity index (χ1v) is 5.91. The third-order valence-electron chi connectivity index (χ3n) is 3.47. The van der Waals surface area contributed by atoms with E-state index in [1.807, 2.05) is 18.2 Å². The van der Waals surface area contributed by atoms with Crippen LogP contribution in [0, 0.1) is 0 Å². The Morgan fingerprint density at radius 1 is 0.882 bits per heavy atom. The molecule has 0 radical (unpaired) electrons. The van der Waals surface area contributed by atoms with E-state index in [-0.39, 0.29) is 12.4 Å². The Balaban J connectivity index is 1.94. The molecule has 0 spiro atoms. The summed E-state index contributed by atoms with van der Waals surface area (Å²) in [6.07, 6.45) is 0.737. The summed E-state index contributed by atoms with van der Waals surface area (Å²) < 4.78 is 11.8. The predicted octanol–water partition coefficient (Wildman–Crippen LogP) is 3.07. The third kappa shape index (κ3) is 1.31. The van der Waals surface area contributed by atoms with Crippen molar-refractivity contribution < 1.29 is 9.47 Å². The standard InChI is InChI=1S/C15H12O2/c1-2-6-11-10(5-1)9-14-16-13-8-4-3-7-12(13)15(11)17-14/h1-8,14-15H,9H2. The Hall–Kier alpha value is -1.80. The number of hydrogen-bond donors (Lipinski definition) is 0. The summed E-state index contributed by atoms with van der Waals surface area (Å²) in [5, 5.41) is 0. The van der Waals surface area contributed by atoms with E-state index in [0.29, 0.717) is 0 Å². The molecule has 2 nitrogen and oxygen atoms in total. The van der Waals surface area contributed by atoms with Gasteiger partial charge in [-0.05, 0) is 17.2 Å². The fourth-order valence-electron chi connectivity index (χ4n) is 2.68. The highest BCUT2D eigenvalue weighted by Crippen LogP contribution is 2.43. The summed E-state index contributed by atoms with van der Waals surface area (Å²) in [6, 6.07) is 16.6. The summed E-state index contributed by atoms with van der Waals surface area (Å²) in [5.41, 5.74) is 3.75. The second kappa shape index (κ2) is 3.34. The van der Waals surface area contributed by atoms with Crippen molar-refractivity contribution >= 4 is 0 Å². The van der Waals surface area contributed by atoms with Gasteiger partial charge >= 0.3 is 0 Å². The molecule has 2 heterocycles. The van der Waals surface area contributed by atoms with Gasteiger partial charge in [-0.2, -0.15) is 0 Å². The highest BCUT2D eigenvalue weighted by atomic mass is 16.7. The van der Waals surface area contributed by atoms with E-state index in [9.17, 15) is 0 Å². The Morgan fingerprint density at radius 2 is 1.65 bits per heavy atom. The predicted molar refractivity (Wildman–Crippen MR) is 63.9 cm³/mol. The van der Waals surface area contributed by atoms with Crippen molar-refractivity contribution in [1.29, 1.82) is 0 Å². The molecule has 0 fully saturated rings. The second-order valence-electron chi connectivity index (χ2n) is 4.50. The average Bonchev–Trinajstić information content (AvgIpc) is 2.39. The van der Waals surface area contributed by atoms with Crippen molar-refractivity contribution in [1.82, 2.24) is 0 Å². The second-order valence-corrected chi connectivity index (χ2v) is 4.50. The summed E-state index contributed by atoms with van der Waals surface area (Å²) >= 11 is 0. The van der Waals surface area contributed by atoms with Gasteiger partial charge in [0.1, 0.15) is 11.9 Å². The van der Waals surface area contributed by atoms with Crippen LogP contribution in [0.5, 0.6) is 5.75 Å². The minimum Gasteiger partial charge on any atom is -0.464 e. The van der Waals surface area contributed by atoms with E-state index >= 15 is 0 Å². The van der Waals surface area contributed by atoms with Crippen LogP contribution in [0.4, 0.5) is 0 Å². The van der Waals surface area contributed by atoms with Crippen molar-refractivity contribution in [3.8, 4) is 5.75 Å². The largest absolute Gasteiger partial charge is 0.464 e. The van der Waals surface area contributed by atoms with E-state index in [0.717, 1.165) is 17.7 Å². The van der Waals surface area contributed by atoms with E-state index < -0.39 is 0 Å². The zero-order valence-electron chi connectivity index (χ0n) is 9.30. The van der Waals surface area contributed by atoms with Crippen molar-refractivity contribution in [3.05, 3.63) is 65.2 Å². The minimum absolute atomic E-state index is 0.0369. The van der Waals surface area contributed by atoms with Crippen LogP contribution in [0.1, 0.15) is 22.8 Å². The molecular formula is C15H12O2. The minimum atomic E-state index is -0.134. The number of ether oxygens (including phenoxy) is 2. The Kier molecular flexibility index (Phi) is 1.82. The molecule has 2 aromatic rings. The lowest BCUT2D eigenvalue weighted by Gasteiger charge is -2.37. The van der Waals surface area contributed by atoms with Gasteiger partial charge in [0.05, 0.1) is 0 Å². The number of para-hydroxylation sites is 1. The van der Waals surface area contributed by atoms with Gasteiger partial charge in [-0.3, -0.25) is 0 Å². The average molecular weight is 224 g/mol. The van der Waals surface area contributed by atoms with Gasteiger partial charge in [-0.15, -0.1) is 0 Å². The van der Waals surface area contributed by atoms with Gasteiger partial charge in [-0.1, -0.05) is 42.5 Å². The van der Waals surface area contributed by atoms with E-state index in [1.54, 1.807) is 0 Å². The topological polar surface area (TPSA) is 18.5 Å². The summed E-state index contributed by atoms with van der Waals surface area (Å²) in [6.45, 7) is 0. The van der Waals surface area contributed by atoms with Crippen molar-refractivity contribution in [3.63, 3.8) is 0 Å². The van der Waals surface area contributed by atoms with Crippen molar-refractivity contribution in [2.75, 3.05) is 0 Å². The lowest BCUT2D eigenvalue weighted by molar-refractivity contribution is -0.135. The normalized spacial score (nSPS) is 24.5. The van der Waals surface area contributed by atoms with Crippen molar-refractivity contribution in [2.24, 2.45) is 0 Å². The third-order valence-corrected chi connectivity index (χ3v) is 3.47. The molecule has 4 rings (SSSR count). The first kappa shape index (κ1) is 9.25. The fourth-order valence-corrected chi connectivity index (χ4v) is 2.68. The molecule has 0 saturated carbocycles. The summed E-state index contributed by atoms with van der Waals surface area (Å²) in [7, 11) is 0. The molecule has 0 saturated heterocycles. The van der Waals surface area contributed by atoms with Crippen LogP contribution in [0.15, 0.2) is 48.5 Å². The molecule has 2 heteroatoms. The number of fused-ring (bicyclic) bond motifs is 6. The van der Waals surface area contributed by atoms with Crippen LogP contribution in [0.3, 0.4) is 0 Å². The molecule has 0 aromatic heterocycles. The Morgan fingerprint density at radius 3 is 2.59 bits per heavy atom. The smallest absolute Gasteiger partial charge is 0.204 e. The molecule has 2 aliphatic rings. The molecule has 2 unspecified atom stereocenters. The van der Waals surface area contributed by atoms with Crippen LogP contribution in [-0.2, 0) is 11.2 Å². The van der Waals surface area contributed by atoms with Crippen LogP contribution in [0.2, 0.25) is 0 Å². The lowest BCUT2D eigenvalue weighted by Crippen LogP contribution is -2.35. The van der Waals surface area contributed by atoms with Crippen molar-refractivity contribution in [2.45, 2.75) is 18.8 Å². The quantitative estimate of drug-likeness (QED) is 0.684. The Bertz CT molecular complexity index is 527. The molecule has 84 valence electrons. The molecule has 2 atom stereocenters. The van der Waals surface area contributed by atoms with E-state index in [2.05, 4.69) is 30.3 Å². The molecule has 17 heavy (non-hydrogen) atoms. The van der Waals surface area contributed by atoms with Gasteiger partial charge < -0.3 is 9.47 Å². The van der Waals surface area contributed by atoms with Crippen LogP contribution in [0.25, 0.3) is 0 Å². The number of benzene rings is 2. The van der Waals surface area contributed by atoms with Crippen LogP contribution < -0.4 is 4.74 Å². The van der Waals surface area contributed by atoms with E-state index in [4.69, 9.17) is 9.47 Å². The highest BCUT2D eigenvalue weighted by Gasteiger charge is 2.35. The molecule has 2 bridgehead atoms. The first-order chi connectivity index (χ1) is 8.42. The maximum Gasteiger partial charge on any atom is 0.204 e. The molecule has 0 aliphatic carbocycles. The van der Waals surface area contributed by atoms with Gasteiger partial charge in [0.15, 0.2) is 0 Å². The molecular weight excluding hydrogens is 212 g/mol. The van der Waals surface area contributed by atoms with Crippen LogP contribution in [-0.4, -0.2) is 6.29 Å².